The fraction of sp³-hybridized carbons (Fsp3) is 0.214. The van der Waals surface area contributed by atoms with Crippen molar-refractivity contribution in [1.29, 1.82) is 5.26 Å². The van der Waals surface area contributed by atoms with Gasteiger partial charge in [0.15, 0.2) is 0 Å². The monoisotopic (exact) mass is 405 g/mol. The second-order valence-electron chi connectivity index (χ2n) is 7.70. The van der Waals surface area contributed by atoms with Gasteiger partial charge in [0.1, 0.15) is 5.82 Å². The van der Waals surface area contributed by atoms with Crippen molar-refractivity contribution in [2.75, 3.05) is 0 Å². The zero-order chi connectivity index (χ0) is 21.3. The predicted octanol–water partition coefficient (Wildman–Crippen LogP) is 7.36. The van der Waals surface area contributed by atoms with Crippen molar-refractivity contribution in [1.82, 2.24) is 9.55 Å². The molecule has 0 N–H and O–H groups in total. The van der Waals surface area contributed by atoms with E-state index < -0.39 is 0 Å². The summed E-state index contributed by atoms with van der Waals surface area (Å²) in [6.45, 7) is 0.904. The van der Waals surface area contributed by atoms with Crippen LogP contribution in [0, 0.1) is 11.3 Å². The number of benzene rings is 3. The molecule has 3 aromatic carbocycles. The van der Waals surface area contributed by atoms with Crippen molar-refractivity contribution in [3.05, 3.63) is 91.0 Å². The van der Waals surface area contributed by atoms with Gasteiger partial charge >= 0.3 is 0 Å². The van der Waals surface area contributed by atoms with Crippen molar-refractivity contribution < 1.29 is 0 Å². The summed E-state index contributed by atoms with van der Waals surface area (Å²) in [7, 11) is 0. The number of imidazole rings is 1. The first-order chi connectivity index (χ1) is 15.4. The molecule has 0 aliphatic heterocycles. The lowest BCUT2D eigenvalue weighted by molar-refractivity contribution is 0.581. The van der Waals surface area contributed by atoms with E-state index in [1.165, 1.54) is 11.3 Å². The van der Waals surface area contributed by atoms with Crippen LogP contribution < -0.4 is 0 Å². The number of hydrogen-bond acceptors (Lipinski definition) is 2. The van der Waals surface area contributed by atoms with Crippen molar-refractivity contribution in [2.45, 2.75) is 38.6 Å². The smallest absolute Gasteiger partial charge is 0.141 e. The van der Waals surface area contributed by atoms with Gasteiger partial charge in [-0.15, -0.1) is 0 Å². The Morgan fingerprint density at radius 1 is 0.645 bits per heavy atom. The molecule has 0 radical (unpaired) electrons. The normalized spacial score (nSPS) is 10.7. The van der Waals surface area contributed by atoms with Crippen LogP contribution in [-0.4, -0.2) is 9.55 Å². The van der Waals surface area contributed by atoms with Crippen LogP contribution >= 0.6 is 0 Å². The average Bonchev–Trinajstić information content (AvgIpc) is 3.22. The standard InChI is InChI=1S/C28H27N3/c29-21-13-2-1-3-14-22-31-27(24-17-9-5-10-18-24)26(23-15-7-4-8-16-23)30-28(31)25-19-11-6-12-20-25/h4-12,15-20H,1-3,13-14,22H2. The third-order valence-electron chi connectivity index (χ3n) is 5.51. The molecule has 0 atom stereocenters. The van der Waals surface area contributed by atoms with Gasteiger partial charge in [0.25, 0.3) is 0 Å². The van der Waals surface area contributed by atoms with Crippen LogP contribution in [0.3, 0.4) is 0 Å². The molecule has 0 aliphatic rings. The number of unbranched alkanes of at least 4 members (excludes halogenated alkanes) is 4. The molecular weight excluding hydrogens is 378 g/mol. The van der Waals surface area contributed by atoms with Crippen molar-refractivity contribution in [3.63, 3.8) is 0 Å². The van der Waals surface area contributed by atoms with Crippen LogP contribution in [0.4, 0.5) is 0 Å². The average molecular weight is 406 g/mol. The highest BCUT2D eigenvalue weighted by atomic mass is 15.1. The van der Waals surface area contributed by atoms with Crippen LogP contribution in [0.5, 0.6) is 0 Å². The Bertz CT molecular complexity index is 1120. The van der Waals surface area contributed by atoms with E-state index in [4.69, 9.17) is 10.2 Å². The first-order valence-corrected chi connectivity index (χ1v) is 11.0. The number of nitriles is 1. The number of rotatable bonds is 9. The summed E-state index contributed by atoms with van der Waals surface area (Å²) >= 11 is 0. The summed E-state index contributed by atoms with van der Waals surface area (Å²) in [5.74, 6) is 1.01. The molecule has 3 heteroatoms. The van der Waals surface area contributed by atoms with Gasteiger partial charge in [-0.25, -0.2) is 4.98 Å². The topological polar surface area (TPSA) is 41.6 Å². The zero-order valence-electron chi connectivity index (χ0n) is 17.7. The summed E-state index contributed by atoms with van der Waals surface area (Å²) in [6.07, 6.45) is 4.90. The van der Waals surface area contributed by atoms with Gasteiger partial charge in [-0.2, -0.15) is 5.26 Å². The lowest BCUT2D eigenvalue weighted by Crippen LogP contribution is -2.03. The minimum Gasteiger partial charge on any atom is -0.323 e. The Kier molecular flexibility index (Phi) is 6.92. The maximum absolute atomic E-state index is 8.77. The van der Waals surface area contributed by atoms with Crippen molar-refractivity contribution >= 4 is 0 Å². The summed E-state index contributed by atoms with van der Waals surface area (Å²) in [5, 5.41) is 8.77. The van der Waals surface area contributed by atoms with Gasteiger partial charge < -0.3 is 4.57 Å². The van der Waals surface area contributed by atoms with Gasteiger partial charge in [0.05, 0.1) is 17.5 Å². The fourth-order valence-electron chi connectivity index (χ4n) is 3.99. The van der Waals surface area contributed by atoms with Crippen molar-refractivity contribution in [3.8, 4) is 40.0 Å². The van der Waals surface area contributed by atoms with Crippen LogP contribution in [0.2, 0.25) is 0 Å². The number of hydrogen-bond donors (Lipinski definition) is 0. The summed E-state index contributed by atoms with van der Waals surface area (Å²) in [6, 6.07) is 33.7. The van der Waals surface area contributed by atoms with Gasteiger partial charge in [0.2, 0.25) is 0 Å². The van der Waals surface area contributed by atoms with Crippen LogP contribution in [0.1, 0.15) is 32.1 Å². The Labute approximate surface area is 184 Å². The highest BCUT2D eigenvalue weighted by Gasteiger charge is 2.20. The Balaban J connectivity index is 1.79. The largest absolute Gasteiger partial charge is 0.323 e. The molecular formula is C28H27N3. The van der Waals surface area contributed by atoms with Gasteiger partial charge in [-0.3, -0.25) is 0 Å². The molecule has 0 spiro atoms. The molecule has 0 saturated heterocycles. The number of aromatic nitrogens is 2. The highest BCUT2D eigenvalue weighted by molar-refractivity contribution is 5.82. The van der Waals surface area contributed by atoms with E-state index in [-0.39, 0.29) is 0 Å². The van der Waals surface area contributed by atoms with E-state index in [2.05, 4.69) is 89.5 Å². The van der Waals surface area contributed by atoms with Gasteiger partial charge in [-0.05, 0) is 12.8 Å². The van der Waals surface area contributed by atoms with E-state index in [9.17, 15) is 0 Å². The van der Waals surface area contributed by atoms with E-state index in [1.807, 2.05) is 12.1 Å². The molecule has 154 valence electrons. The molecule has 0 aliphatic carbocycles. The predicted molar refractivity (Wildman–Crippen MR) is 127 cm³/mol. The summed E-state index contributed by atoms with van der Waals surface area (Å²) < 4.78 is 2.39. The SMILES string of the molecule is N#CCCCCCCn1c(-c2ccccc2)nc(-c2ccccc2)c1-c1ccccc1. The van der Waals surface area contributed by atoms with E-state index in [0.717, 1.165) is 54.9 Å². The molecule has 3 nitrogen and oxygen atoms in total. The Morgan fingerprint density at radius 3 is 1.81 bits per heavy atom. The molecule has 0 unspecified atom stereocenters. The molecule has 0 amide bonds. The third-order valence-corrected chi connectivity index (χ3v) is 5.51. The second-order valence-corrected chi connectivity index (χ2v) is 7.70. The quantitative estimate of drug-likeness (QED) is 0.273. The van der Waals surface area contributed by atoms with Crippen LogP contribution in [-0.2, 0) is 6.54 Å². The summed E-state index contributed by atoms with van der Waals surface area (Å²) in [5.41, 5.74) is 5.64. The lowest BCUT2D eigenvalue weighted by Gasteiger charge is -2.13. The Hall–Kier alpha value is -3.64. The lowest BCUT2D eigenvalue weighted by atomic mass is 10.0. The molecule has 0 fully saturated rings. The van der Waals surface area contributed by atoms with Crippen LogP contribution in [0.15, 0.2) is 91.0 Å². The fourth-order valence-corrected chi connectivity index (χ4v) is 3.99. The Morgan fingerprint density at radius 2 is 1.19 bits per heavy atom. The maximum Gasteiger partial charge on any atom is 0.141 e. The molecule has 4 rings (SSSR count). The minimum absolute atomic E-state index is 0.647. The molecule has 1 aromatic heterocycles. The molecule has 4 aromatic rings. The minimum atomic E-state index is 0.647. The highest BCUT2D eigenvalue weighted by Crippen LogP contribution is 2.36. The molecule has 0 bridgehead atoms. The first kappa shape index (κ1) is 20.6. The van der Waals surface area contributed by atoms with Gasteiger partial charge in [0, 0.05) is 29.7 Å². The second kappa shape index (κ2) is 10.4. The summed E-state index contributed by atoms with van der Waals surface area (Å²) in [4.78, 5) is 5.18. The molecule has 31 heavy (non-hydrogen) atoms. The van der Waals surface area contributed by atoms with Crippen molar-refractivity contribution in [2.24, 2.45) is 0 Å². The van der Waals surface area contributed by atoms with Gasteiger partial charge in [-0.1, -0.05) is 104 Å². The third kappa shape index (κ3) is 4.92. The molecule has 1 heterocycles. The first-order valence-electron chi connectivity index (χ1n) is 11.0. The maximum atomic E-state index is 8.77. The van der Waals surface area contributed by atoms with E-state index >= 15 is 0 Å². The zero-order valence-corrected chi connectivity index (χ0v) is 17.7. The number of nitrogens with zero attached hydrogens (tertiary/aromatic N) is 3. The van der Waals surface area contributed by atoms with E-state index in [1.54, 1.807) is 0 Å². The van der Waals surface area contributed by atoms with E-state index in [0.29, 0.717) is 6.42 Å². The molecule has 0 saturated carbocycles. The van der Waals surface area contributed by atoms with Crippen LogP contribution in [0.25, 0.3) is 33.9 Å².